The lowest BCUT2D eigenvalue weighted by molar-refractivity contribution is 0.395. The van der Waals surface area contributed by atoms with E-state index < -0.39 is 0 Å². The molecule has 1 unspecified atom stereocenters. The van der Waals surface area contributed by atoms with Gasteiger partial charge in [0.05, 0.1) is 12.3 Å². The lowest BCUT2D eigenvalue weighted by Gasteiger charge is -2.12. The average molecular weight is 245 g/mol. The second-order valence-corrected chi connectivity index (χ2v) is 5.02. The normalized spacial score (nSPS) is 12.7. The lowest BCUT2D eigenvalue weighted by atomic mass is 10.3. The Bertz CT molecular complexity index is 344. The van der Waals surface area contributed by atoms with Crippen LogP contribution in [-0.2, 0) is 0 Å². The predicted octanol–water partition coefficient (Wildman–Crippen LogP) is 1.51. The third kappa shape index (κ3) is 4.14. The first kappa shape index (κ1) is 12.4. The number of likely N-dealkylation sites (N-methyl/N-ethyl adjacent to an activating group) is 1. The molecule has 0 aliphatic heterocycles. The third-order valence-electron chi connectivity index (χ3n) is 1.78. The van der Waals surface area contributed by atoms with Gasteiger partial charge in [0.2, 0.25) is 0 Å². The Morgan fingerprint density at radius 3 is 2.93 bits per heavy atom. The summed E-state index contributed by atoms with van der Waals surface area (Å²) in [4.78, 5) is 6.12. The molecule has 15 heavy (non-hydrogen) atoms. The molecule has 0 spiro atoms. The fourth-order valence-electron chi connectivity index (χ4n) is 1.02. The van der Waals surface area contributed by atoms with Crippen LogP contribution in [-0.4, -0.2) is 37.1 Å². The fraction of sp³-hybridized carbons (Fsp3) is 0.556. The van der Waals surface area contributed by atoms with E-state index in [0.717, 1.165) is 18.1 Å². The van der Waals surface area contributed by atoms with Crippen LogP contribution in [0, 0.1) is 11.3 Å². The minimum atomic E-state index is -0.359. The van der Waals surface area contributed by atoms with Gasteiger partial charge >= 0.3 is 0 Å². The minimum Gasteiger partial charge on any atom is -0.308 e. The van der Waals surface area contributed by atoms with Crippen LogP contribution in [0.5, 0.6) is 0 Å². The van der Waals surface area contributed by atoms with E-state index in [0.29, 0.717) is 4.34 Å². The molecule has 1 N–H and O–H groups in total. The van der Waals surface area contributed by atoms with Crippen LogP contribution >= 0.6 is 22.9 Å². The molecule has 1 atom stereocenters. The number of rotatable bonds is 5. The highest BCUT2D eigenvalue weighted by atomic mass is 35.5. The summed E-state index contributed by atoms with van der Waals surface area (Å²) in [6.07, 6.45) is 1.57. The number of aromatic nitrogens is 1. The molecule has 1 aromatic heterocycles. The number of hydrogen-bond acceptors (Lipinski definition) is 5. The molecular formula is C9H13ClN4S. The SMILES string of the molecule is CN(C)CCNC(C#N)c1ncc(Cl)s1. The Labute approximate surface area is 98.5 Å². The molecule has 0 aliphatic rings. The molecule has 0 saturated carbocycles. The molecular weight excluding hydrogens is 232 g/mol. The van der Waals surface area contributed by atoms with Gasteiger partial charge in [-0.25, -0.2) is 4.98 Å². The first-order valence-corrected chi connectivity index (χ1v) is 5.72. The van der Waals surface area contributed by atoms with Gasteiger partial charge in [-0.2, -0.15) is 5.26 Å². The van der Waals surface area contributed by atoms with E-state index in [4.69, 9.17) is 16.9 Å². The quantitative estimate of drug-likeness (QED) is 0.853. The zero-order valence-corrected chi connectivity index (χ0v) is 10.3. The van der Waals surface area contributed by atoms with Gasteiger partial charge in [-0.1, -0.05) is 11.6 Å². The summed E-state index contributed by atoms with van der Waals surface area (Å²) in [5.41, 5.74) is 0. The summed E-state index contributed by atoms with van der Waals surface area (Å²) in [6, 6.07) is 1.81. The molecule has 0 amide bonds. The first-order chi connectivity index (χ1) is 7.13. The number of nitrogens with one attached hydrogen (secondary N) is 1. The van der Waals surface area contributed by atoms with Gasteiger partial charge in [0.1, 0.15) is 15.4 Å². The summed E-state index contributed by atoms with van der Waals surface area (Å²) in [7, 11) is 3.98. The van der Waals surface area contributed by atoms with Crippen LogP contribution in [0.25, 0.3) is 0 Å². The first-order valence-electron chi connectivity index (χ1n) is 4.52. The van der Waals surface area contributed by atoms with Crippen molar-refractivity contribution < 1.29 is 0 Å². The van der Waals surface area contributed by atoms with Crippen LogP contribution in [0.15, 0.2) is 6.20 Å². The second-order valence-electron chi connectivity index (χ2n) is 3.32. The second kappa shape index (κ2) is 6.03. The van der Waals surface area contributed by atoms with Crippen molar-refractivity contribution in [1.29, 1.82) is 5.26 Å². The van der Waals surface area contributed by atoms with Gasteiger partial charge in [-0.3, -0.25) is 5.32 Å². The van der Waals surface area contributed by atoms with Crippen molar-refractivity contribution in [2.75, 3.05) is 27.2 Å². The Morgan fingerprint density at radius 1 is 1.73 bits per heavy atom. The largest absolute Gasteiger partial charge is 0.308 e. The Kier molecular flexibility index (Phi) is 4.99. The number of nitrogens with zero attached hydrogens (tertiary/aromatic N) is 3. The van der Waals surface area contributed by atoms with Crippen LogP contribution in [0.2, 0.25) is 4.34 Å². The van der Waals surface area contributed by atoms with Gasteiger partial charge in [0.25, 0.3) is 0 Å². The van der Waals surface area contributed by atoms with Gasteiger partial charge in [-0.15, -0.1) is 11.3 Å². The molecule has 1 heterocycles. The Balaban J connectivity index is 2.47. The highest BCUT2D eigenvalue weighted by Crippen LogP contribution is 2.23. The standard InChI is InChI=1S/C9H13ClN4S/c1-14(2)4-3-12-7(5-11)9-13-6-8(10)15-9/h6-7,12H,3-4H2,1-2H3. The molecule has 4 nitrogen and oxygen atoms in total. The fourth-order valence-corrected chi connectivity index (χ4v) is 1.97. The summed E-state index contributed by atoms with van der Waals surface area (Å²) in [5.74, 6) is 0. The Hall–Kier alpha value is -0.670. The van der Waals surface area contributed by atoms with Crippen LogP contribution in [0.3, 0.4) is 0 Å². The maximum atomic E-state index is 8.95. The van der Waals surface area contributed by atoms with Crippen molar-refractivity contribution in [1.82, 2.24) is 15.2 Å². The van der Waals surface area contributed by atoms with E-state index in [1.165, 1.54) is 11.3 Å². The Morgan fingerprint density at radius 2 is 2.47 bits per heavy atom. The topological polar surface area (TPSA) is 52.0 Å². The molecule has 1 rings (SSSR count). The van der Waals surface area contributed by atoms with E-state index in [2.05, 4.69) is 21.3 Å². The molecule has 6 heteroatoms. The molecule has 82 valence electrons. The lowest BCUT2D eigenvalue weighted by Crippen LogP contribution is -2.29. The third-order valence-corrected chi connectivity index (χ3v) is 2.96. The van der Waals surface area contributed by atoms with Crippen molar-refractivity contribution in [2.24, 2.45) is 0 Å². The van der Waals surface area contributed by atoms with Crippen molar-refractivity contribution in [2.45, 2.75) is 6.04 Å². The summed E-state index contributed by atoms with van der Waals surface area (Å²) in [6.45, 7) is 1.64. The maximum Gasteiger partial charge on any atom is 0.148 e. The molecule has 1 aromatic rings. The zero-order chi connectivity index (χ0) is 11.3. The van der Waals surface area contributed by atoms with Crippen LogP contribution in [0.1, 0.15) is 11.0 Å². The minimum absolute atomic E-state index is 0.359. The van der Waals surface area contributed by atoms with E-state index in [9.17, 15) is 0 Å². The van der Waals surface area contributed by atoms with Gasteiger partial charge in [0.15, 0.2) is 0 Å². The van der Waals surface area contributed by atoms with Crippen molar-refractivity contribution in [3.8, 4) is 6.07 Å². The highest BCUT2D eigenvalue weighted by Gasteiger charge is 2.13. The maximum absolute atomic E-state index is 8.95. The van der Waals surface area contributed by atoms with E-state index in [-0.39, 0.29) is 6.04 Å². The predicted molar refractivity (Wildman–Crippen MR) is 62.0 cm³/mol. The molecule has 0 saturated heterocycles. The van der Waals surface area contributed by atoms with Gasteiger partial charge in [0, 0.05) is 13.1 Å². The summed E-state index contributed by atoms with van der Waals surface area (Å²) >= 11 is 7.09. The number of thiazole rings is 1. The molecule has 0 aromatic carbocycles. The van der Waals surface area contributed by atoms with Crippen LogP contribution in [0.4, 0.5) is 0 Å². The van der Waals surface area contributed by atoms with E-state index in [1.807, 2.05) is 14.1 Å². The average Bonchev–Trinajstić information content (AvgIpc) is 2.59. The number of hydrogen-bond donors (Lipinski definition) is 1. The van der Waals surface area contributed by atoms with Gasteiger partial charge < -0.3 is 4.90 Å². The van der Waals surface area contributed by atoms with Crippen molar-refractivity contribution in [3.05, 3.63) is 15.5 Å². The summed E-state index contributed by atoms with van der Waals surface area (Å²) in [5, 5.41) is 12.8. The number of nitriles is 1. The van der Waals surface area contributed by atoms with Crippen LogP contribution < -0.4 is 5.32 Å². The molecule has 0 bridgehead atoms. The van der Waals surface area contributed by atoms with Crippen molar-refractivity contribution in [3.63, 3.8) is 0 Å². The van der Waals surface area contributed by atoms with Gasteiger partial charge in [-0.05, 0) is 14.1 Å². The molecule has 0 aliphatic carbocycles. The number of halogens is 1. The van der Waals surface area contributed by atoms with E-state index >= 15 is 0 Å². The molecule has 0 fully saturated rings. The van der Waals surface area contributed by atoms with E-state index in [1.54, 1.807) is 6.20 Å². The molecule has 0 radical (unpaired) electrons. The van der Waals surface area contributed by atoms with Crippen molar-refractivity contribution >= 4 is 22.9 Å². The highest BCUT2D eigenvalue weighted by molar-refractivity contribution is 7.15. The monoisotopic (exact) mass is 244 g/mol. The smallest absolute Gasteiger partial charge is 0.148 e. The zero-order valence-electron chi connectivity index (χ0n) is 8.70. The summed E-state index contributed by atoms with van der Waals surface area (Å²) < 4.78 is 0.611.